The van der Waals surface area contributed by atoms with Crippen molar-refractivity contribution in [1.29, 1.82) is 0 Å². The first kappa shape index (κ1) is 22.2. The van der Waals surface area contributed by atoms with Crippen LogP contribution in [0.2, 0.25) is 0 Å². The molecule has 6 heteroatoms. The Morgan fingerprint density at radius 1 is 0.697 bits per heavy atom. The van der Waals surface area contributed by atoms with Crippen LogP contribution < -0.4 is 5.73 Å². The number of ether oxygens (including phenoxy) is 5. The first-order chi connectivity index (χ1) is 16.3. The molecule has 2 aliphatic heterocycles. The van der Waals surface area contributed by atoms with E-state index in [1.807, 2.05) is 91.0 Å². The summed E-state index contributed by atoms with van der Waals surface area (Å²) >= 11 is 0. The third-order valence-corrected chi connectivity index (χ3v) is 6.00. The predicted octanol–water partition coefficient (Wildman–Crippen LogP) is 3.96. The van der Waals surface area contributed by atoms with Crippen molar-refractivity contribution >= 4 is 0 Å². The van der Waals surface area contributed by atoms with Gasteiger partial charge in [-0.2, -0.15) is 0 Å². The Bertz CT molecular complexity index is 987. The van der Waals surface area contributed by atoms with Crippen molar-refractivity contribution in [3.8, 4) is 0 Å². The number of benzene rings is 3. The molecule has 5 rings (SSSR count). The summed E-state index contributed by atoms with van der Waals surface area (Å²) in [5, 5.41) is 0. The van der Waals surface area contributed by atoms with Gasteiger partial charge in [0.05, 0.1) is 19.8 Å². The van der Waals surface area contributed by atoms with Crippen LogP contribution in [0.1, 0.15) is 23.0 Å². The summed E-state index contributed by atoms with van der Waals surface area (Å²) in [5.41, 5.74) is 9.50. The first-order valence-electron chi connectivity index (χ1n) is 11.3. The van der Waals surface area contributed by atoms with Crippen molar-refractivity contribution in [3.05, 3.63) is 108 Å². The van der Waals surface area contributed by atoms with Gasteiger partial charge in [-0.15, -0.1) is 0 Å². The maximum absolute atomic E-state index is 6.43. The normalized spacial score (nSPS) is 29.4. The van der Waals surface area contributed by atoms with Gasteiger partial charge in [0, 0.05) is 5.56 Å². The zero-order valence-corrected chi connectivity index (χ0v) is 18.4. The minimum Gasteiger partial charge on any atom is -0.368 e. The monoisotopic (exact) mass is 447 g/mol. The minimum atomic E-state index is -0.656. The van der Waals surface area contributed by atoms with Crippen molar-refractivity contribution in [3.63, 3.8) is 0 Å². The molecule has 2 unspecified atom stereocenters. The van der Waals surface area contributed by atoms with Gasteiger partial charge in [0.2, 0.25) is 0 Å². The van der Waals surface area contributed by atoms with Gasteiger partial charge >= 0.3 is 0 Å². The molecule has 6 atom stereocenters. The van der Waals surface area contributed by atoms with Gasteiger partial charge in [0.25, 0.3) is 0 Å². The standard InChI is InChI=1S/C27H29NO5/c28-26-25(30-17-20-12-6-2-7-13-20)24(29-16-19-10-4-1-5-11-19)23-22(32-26)18-31-27(33-23)21-14-8-3-9-15-21/h1-15,22-27H,16-18,28H2/t22-,23-,24+,25-,26?,27?/m1/s1. The molecule has 2 heterocycles. The highest BCUT2D eigenvalue weighted by molar-refractivity contribution is 5.17. The van der Waals surface area contributed by atoms with Gasteiger partial charge in [0.15, 0.2) is 6.29 Å². The van der Waals surface area contributed by atoms with E-state index in [-0.39, 0.29) is 12.2 Å². The Morgan fingerprint density at radius 2 is 1.24 bits per heavy atom. The molecular formula is C27H29NO5. The second kappa shape index (κ2) is 10.6. The smallest absolute Gasteiger partial charge is 0.184 e. The quantitative estimate of drug-likeness (QED) is 0.591. The van der Waals surface area contributed by atoms with Gasteiger partial charge in [-0.3, -0.25) is 0 Å². The van der Waals surface area contributed by atoms with Crippen LogP contribution in [0.4, 0.5) is 0 Å². The lowest BCUT2D eigenvalue weighted by atomic mass is 9.96. The molecule has 0 aliphatic carbocycles. The lowest BCUT2D eigenvalue weighted by Crippen LogP contribution is -2.65. The maximum Gasteiger partial charge on any atom is 0.184 e. The molecule has 33 heavy (non-hydrogen) atoms. The molecule has 3 aromatic carbocycles. The Labute approximate surface area is 194 Å². The Hall–Kier alpha value is -2.58. The second-order valence-corrected chi connectivity index (χ2v) is 8.34. The predicted molar refractivity (Wildman–Crippen MR) is 123 cm³/mol. The molecule has 172 valence electrons. The molecule has 0 spiro atoms. The van der Waals surface area contributed by atoms with Crippen LogP contribution in [0.25, 0.3) is 0 Å². The molecule has 0 aromatic heterocycles. The molecule has 2 aliphatic rings. The van der Waals surface area contributed by atoms with E-state index in [9.17, 15) is 0 Å². The lowest BCUT2D eigenvalue weighted by Gasteiger charge is -2.48. The van der Waals surface area contributed by atoms with Crippen LogP contribution in [0.15, 0.2) is 91.0 Å². The van der Waals surface area contributed by atoms with E-state index in [4.69, 9.17) is 29.4 Å². The van der Waals surface area contributed by atoms with E-state index >= 15 is 0 Å². The third kappa shape index (κ3) is 5.33. The van der Waals surface area contributed by atoms with Crippen LogP contribution >= 0.6 is 0 Å². The summed E-state index contributed by atoms with van der Waals surface area (Å²) in [4.78, 5) is 0. The maximum atomic E-state index is 6.43. The average Bonchev–Trinajstić information content (AvgIpc) is 2.88. The molecule has 0 amide bonds. The summed E-state index contributed by atoms with van der Waals surface area (Å²) in [6.45, 7) is 1.20. The molecule has 0 saturated carbocycles. The Balaban J connectivity index is 1.36. The number of nitrogens with two attached hydrogens (primary N) is 1. The SMILES string of the molecule is NC1O[C@@H]2COC(c3ccccc3)O[C@H]2[C@H](OCc2ccccc2)[C@H]1OCc1ccccc1. The average molecular weight is 448 g/mol. The van der Waals surface area contributed by atoms with Crippen LogP contribution in [0, 0.1) is 0 Å². The van der Waals surface area contributed by atoms with E-state index in [1.54, 1.807) is 0 Å². The lowest BCUT2D eigenvalue weighted by molar-refractivity contribution is -0.339. The van der Waals surface area contributed by atoms with Crippen LogP contribution in [0.5, 0.6) is 0 Å². The van der Waals surface area contributed by atoms with Crippen LogP contribution in [-0.4, -0.2) is 37.3 Å². The third-order valence-electron chi connectivity index (χ3n) is 6.00. The number of fused-ring (bicyclic) bond motifs is 1. The van der Waals surface area contributed by atoms with E-state index in [2.05, 4.69) is 0 Å². The van der Waals surface area contributed by atoms with Gasteiger partial charge in [-0.1, -0.05) is 91.0 Å². The largest absolute Gasteiger partial charge is 0.368 e. The van der Waals surface area contributed by atoms with Crippen LogP contribution in [0.3, 0.4) is 0 Å². The van der Waals surface area contributed by atoms with Crippen molar-refractivity contribution in [2.45, 2.75) is 50.1 Å². The topological polar surface area (TPSA) is 72.2 Å². The van der Waals surface area contributed by atoms with Crippen molar-refractivity contribution in [1.82, 2.24) is 0 Å². The minimum absolute atomic E-state index is 0.336. The van der Waals surface area contributed by atoms with E-state index < -0.39 is 24.7 Å². The highest BCUT2D eigenvalue weighted by atomic mass is 16.7. The van der Waals surface area contributed by atoms with Crippen LogP contribution in [-0.2, 0) is 36.9 Å². The molecule has 2 N–H and O–H groups in total. The Kier molecular flexibility index (Phi) is 7.12. The highest BCUT2D eigenvalue weighted by Crippen LogP contribution is 2.36. The summed E-state index contributed by atoms with van der Waals surface area (Å²) < 4.78 is 31.1. The van der Waals surface area contributed by atoms with Crippen molar-refractivity contribution in [2.75, 3.05) is 6.61 Å². The number of hydrogen-bond acceptors (Lipinski definition) is 6. The molecule has 3 aromatic rings. The molecule has 2 saturated heterocycles. The van der Waals surface area contributed by atoms with E-state index in [0.29, 0.717) is 19.8 Å². The number of rotatable bonds is 7. The van der Waals surface area contributed by atoms with Crippen molar-refractivity contribution < 1.29 is 23.7 Å². The first-order valence-corrected chi connectivity index (χ1v) is 11.3. The molecule has 2 fully saturated rings. The molecule has 0 radical (unpaired) electrons. The molecule has 0 bridgehead atoms. The van der Waals surface area contributed by atoms with Gasteiger partial charge in [0.1, 0.15) is 30.6 Å². The fourth-order valence-electron chi connectivity index (χ4n) is 4.30. The number of hydrogen-bond donors (Lipinski definition) is 1. The van der Waals surface area contributed by atoms with E-state index in [0.717, 1.165) is 16.7 Å². The van der Waals surface area contributed by atoms with E-state index in [1.165, 1.54) is 0 Å². The van der Waals surface area contributed by atoms with Gasteiger partial charge in [-0.25, -0.2) is 0 Å². The Morgan fingerprint density at radius 3 is 1.85 bits per heavy atom. The highest BCUT2D eigenvalue weighted by Gasteiger charge is 2.50. The molecular weight excluding hydrogens is 418 g/mol. The second-order valence-electron chi connectivity index (χ2n) is 8.34. The van der Waals surface area contributed by atoms with Gasteiger partial charge in [-0.05, 0) is 11.1 Å². The summed E-state index contributed by atoms with van der Waals surface area (Å²) in [6, 6.07) is 29.9. The fourth-order valence-corrected chi connectivity index (χ4v) is 4.30. The summed E-state index contributed by atoms with van der Waals surface area (Å²) in [5.74, 6) is 0. The van der Waals surface area contributed by atoms with Gasteiger partial charge < -0.3 is 29.4 Å². The zero-order chi connectivity index (χ0) is 22.5. The van der Waals surface area contributed by atoms with Crippen molar-refractivity contribution in [2.24, 2.45) is 5.73 Å². The fraction of sp³-hybridized carbons (Fsp3) is 0.333. The zero-order valence-electron chi connectivity index (χ0n) is 18.4. The summed E-state index contributed by atoms with van der Waals surface area (Å²) in [6.07, 6.45) is -2.78. The summed E-state index contributed by atoms with van der Waals surface area (Å²) in [7, 11) is 0. The molecule has 6 nitrogen and oxygen atoms in total.